The zero-order valence-electron chi connectivity index (χ0n) is 19.7. The van der Waals surface area contributed by atoms with Crippen LogP contribution in [0.25, 0.3) is 11.4 Å². The average Bonchev–Trinajstić information content (AvgIpc) is 3.50. The van der Waals surface area contributed by atoms with Gasteiger partial charge in [0.25, 0.3) is 11.8 Å². The van der Waals surface area contributed by atoms with Crippen LogP contribution in [0.15, 0.2) is 48.8 Å². The van der Waals surface area contributed by atoms with Crippen LogP contribution in [0.3, 0.4) is 0 Å². The first kappa shape index (κ1) is 23.2. The van der Waals surface area contributed by atoms with Crippen LogP contribution in [0.4, 0.5) is 4.39 Å². The molecule has 11 heteroatoms. The first-order chi connectivity index (χ1) is 17.4. The number of amides is 2. The van der Waals surface area contributed by atoms with Crippen LogP contribution >= 0.6 is 0 Å². The lowest BCUT2D eigenvalue weighted by atomic mass is 10.0. The normalized spacial score (nSPS) is 14.4. The molecular weight excluding hydrogens is 463 g/mol. The molecule has 0 saturated heterocycles. The van der Waals surface area contributed by atoms with E-state index < -0.39 is 11.8 Å². The van der Waals surface area contributed by atoms with Crippen LogP contribution in [0, 0.1) is 12.7 Å². The van der Waals surface area contributed by atoms with E-state index in [1.165, 1.54) is 23.3 Å². The van der Waals surface area contributed by atoms with E-state index in [4.69, 9.17) is 0 Å². The topological polar surface area (TPSA) is 128 Å². The number of tetrazole rings is 1. The Bertz CT molecular complexity index is 1470. The van der Waals surface area contributed by atoms with Crippen molar-refractivity contribution in [3.05, 3.63) is 88.3 Å². The summed E-state index contributed by atoms with van der Waals surface area (Å²) in [7, 11) is 1.71. The molecule has 0 aliphatic heterocycles. The molecule has 36 heavy (non-hydrogen) atoms. The van der Waals surface area contributed by atoms with E-state index in [9.17, 15) is 14.0 Å². The number of nitrogens with zero attached hydrogens (tertiary/aromatic N) is 6. The van der Waals surface area contributed by atoms with Gasteiger partial charge in [-0.05, 0) is 59.4 Å². The van der Waals surface area contributed by atoms with E-state index in [2.05, 4.69) is 36.0 Å². The summed E-state index contributed by atoms with van der Waals surface area (Å²) >= 11 is 0. The predicted octanol–water partition coefficient (Wildman–Crippen LogP) is 2.46. The van der Waals surface area contributed by atoms with E-state index in [1.54, 1.807) is 26.1 Å². The van der Waals surface area contributed by atoms with Crippen LogP contribution in [-0.2, 0) is 20.0 Å². The second-order valence-electron chi connectivity index (χ2n) is 8.64. The molecule has 5 rings (SSSR count). The Labute approximate surface area is 206 Å². The van der Waals surface area contributed by atoms with E-state index in [-0.39, 0.29) is 29.8 Å². The maximum absolute atomic E-state index is 13.4. The third kappa shape index (κ3) is 4.81. The second-order valence-corrected chi connectivity index (χ2v) is 8.64. The summed E-state index contributed by atoms with van der Waals surface area (Å²) in [6.07, 6.45) is 2.73. The number of benzene rings is 2. The van der Waals surface area contributed by atoms with Gasteiger partial charge in [0.2, 0.25) is 5.82 Å². The summed E-state index contributed by atoms with van der Waals surface area (Å²) in [6.45, 7) is 1.86. The highest BCUT2D eigenvalue weighted by Gasteiger charge is 2.26. The van der Waals surface area contributed by atoms with Gasteiger partial charge in [-0.1, -0.05) is 24.3 Å². The predicted molar refractivity (Wildman–Crippen MR) is 127 cm³/mol. The number of hydrogen-bond acceptors (Lipinski definition) is 7. The monoisotopic (exact) mass is 486 g/mol. The number of aryl methyl sites for hydroxylation is 3. The van der Waals surface area contributed by atoms with Crippen molar-refractivity contribution in [2.75, 3.05) is 0 Å². The number of hydrogen-bond donors (Lipinski definition) is 2. The van der Waals surface area contributed by atoms with Crippen molar-refractivity contribution in [2.24, 2.45) is 7.05 Å². The standard InChI is InChI=1S/C25H23FN8O2/c1-14-9-15(3-7-19(14)26)12-27-24(35)21-11-22(29-13-28-21)25(36)30-20-8-5-16-10-17(4-6-18(16)20)23-31-33-34(2)32-23/h3-4,6-7,9-11,13,20H,5,8,12H2,1-2H3,(H,27,35)(H,30,36). The fourth-order valence-electron chi connectivity index (χ4n) is 4.23. The van der Waals surface area contributed by atoms with E-state index in [0.29, 0.717) is 11.4 Å². The summed E-state index contributed by atoms with van der Waals surface area (Å²) in [5, 5.41) is 17.9. The van der Waals surface area contributed by atoms with Gasteiger partial charge in [0.1, 0.15) is 23.5 Å². The summed E-state index contributed by atoms with van der Waals surface area (Å²) in [5.41, 5.74) is 4.44. The van der Waals surface area contributed by atoms with Crippen LogP contribution in [0.5, 0.6) is 0 Å². The molecule has 2 aromatic heterocycles. The van der Waals surface area contributed by atoms with Gasteiger partial charge in [-0.15, -0.1) is 10.2 Å². The third-order valence-electron chi connectivity index (χ3n) is 6.10. The van der Waals surface area contributed by atoms with Gasteiger partial charge < -0.3 is 10.6 Å². The van der Waals surface area contributed by atoms with Crippen LogP contribution < -0.4 is 10.6 Å². The Hall–Kier alpha value is -4.54. The van der Waals surface area contributed by atoms with Gasteiger partial charge in [-0.25, -0.2) is 14.4 Å². The van der Waals surface area contributed by atoms with Gasteiger partial charge in [0.05, 0.1) is 13.1 Å². The number of carbonyl (C=O) groups excluding carboxylic acids is 2. The van der Waals surface area contributed by atoms with Crippen molar-refractivity contribution in [3.63, 3.8) is 0 Å². The molecule has 2 heterocycles. The number of aromatic nitrogens is 6. The molecule has 2 aromatic carbocycles. The minimum absolute atomic E-state index is 0.0712. The molecule has 182 valence electrons. The Balaban J connectivity index is 1.24. The molecular formula is C25H23FN8O2. The van der Waals surface area contributed by atoms with Crippen molar-refractivity contribution >= 4 is 11.8 Å². The molecule has 1 unspecified atom stereocenters. The summed E-state index contributed by atoms with van der Waals surface area (Å²) in [5.74, 6) is -0.596. The molecule has 2 N–H and O–H groups in total. The SMILES string of the molecule is Cc1cc(CNC(=O)c2cc(C(=O)NC3CCc4cc(-c5nnn(C)n5)ccc43)ncn2)ccc1F. The first-order valence-corrected chi connectivity index (χ1v) is 11.4. The molecule has 0 saturated carbocycles. The lowest BCUT2D eigenvalue weighted by Crippen LogP contribution is -2.29. The Kier molecular flexibility index (Phi) is 6.19. The highest BCUT2D eigenvalue weighted by molar-refractivity contribution is 5.97. The van der Waals surface area contributed by atoms with Gasteiger partial charge in [0, 0.05) is 18.2 Å². The summed E-state index contributed by atoms with van der Waals surface area (Å²) in [4.78, 5) is 35.0. The van der Waals surface area contributed by atoms with Crippen molar-refractivity contribution in [3.8, 4) is 11.4 Å². The summed E-state index contributed by atoms with van der Waals surface area (Å²) in [6, 6.07) is 11.7. The molecule has 0 bridgehead atoms. The molecule has 1 aliphatic rings. The van der Waals surface area contributed by atoms with Crippen LogP contribution in [0.1, 0.15) is 55.7 Å². The molecule has 1 atom stereocenters. The average molecular weight is 487 g/mol. The fourth-order valence-corrected chi connectivity index (χ4v) is 4.23. The number of nitrogens with one attached hydrogen (secondary N) is 2. The molecule has 2 amide bonds. The smallest absolute Gasteiger partial charge is 0.270 e. The molecule has 0 radical (unpaired) electrons. The van der Waals surface area contributed by atoms with Crippen LogP contribution in [-0.4, -0.2) is 42.0 Å². The minimum atomic E-state index is -0.454. The molecule has 0 fully saturated rings. The van der Waals surface area contributed by atoms with Crippen LogP contribution in [0.2, 0.25) is 0 Å². The number of halogens is 1. The van der Waals surface area contributed by atoms with Gasteiger partial charge >= 0.3 is 0 Å². The van der Waals surface area contributed by atoms with Crippen molar-refractivity contribution in [1.82, 2.24) is 40.8 Å². The summed E-state index contributed by atoms with van der Waals surface area (Å²) < 4.78 is 13.4. The lowest BCUT2D eigenvalue weighted by molar-refractivity contribution is 0.0931. The zero-order valence-corrected chi connectivity index (χ0v) is 19.7. The molecule has 0 spiro atoms. The fraction of sp³-hybridized carbons (Fsp3) is 0.240. The third-order valence-corrected chi connectivity index (χ3v) is 6.10. The lowest BCUT2D eigenvalue weighted by Gasteiger charge is -2.14. The number of carbonyl (C=O) groups is 2. The highest BCUT2D eigenvalue weighted by atomic mass is 19.1. The maximum Gasteiger partial charge on any atom is 0.270 e. The highest BCUT2D eigenvalue weighted by Crippen LogP contribution is 2.33. The van der Waals surface area contributed by atoms with Crippen molar-refractivity contribution in [2.45, 2.75) is 32.4 Å². The van der Waals surface area contributed by atoms with Gasteiger partial charge in [0.15, 0.2) is 0 Å². The van der Waals surface area contributed by atoms with E-state index in [0.717, 1.165) is 35.1 Å². The van der Waals surface area contributed by atoms with Gasteiger partial charge in [-0.3, -0.25) is 9.59 Å². The first-order valence-electron chi connectivity index (χ1n) is 11.4. The molecule has 4 aromatic rings. The Morgan fingerprint density at radius 1 is 1.08 bits per heavy atom. The minimum Gasteiger partial charge on any atom is -0.347 e. The maximum atomic E-state index is 13.4. The Morgan fingerprint density at radius 2 is 1.89 bits per heavy atom. The van der Waals surface area contributed by atoms with Gasteiger partial charge in [-0.2, -0.15) is 4.80 Å². The number of rotatable bonds is 6. The quantitative estimate of drug-likeness (QED) is 0.429. The zero-order chi connectivity index (χ0) is 25.2. The van der Waals surface area contributed by atoms with E-state index in [1.807, 2.05) is 18.2 Å². The van der Waals surface area contributed by atoms with Crippen molar-refractivity contribution < 1.29 is 14.0 Å². The molecule has 10 nitrogen and oxygen atoms in total. The second kappa shape index (κ2) is 9.61. The largest absolute Gasteiger partial charge is 0.347 e. The van der Waals surface area contributed by atoms with Crippen molar-refractivity contribution in [1.29, 1.82) is 0 Å². The number of fused-ring (bicyclic) bond motifs is 1. The Morgan fingerprint density at radius 3 is 2.64 bits per heavy atom. The van der Waals surface area contributed by atoms with E-state index >= 15 is 0 Å². The molecule has 1 aliphatic carbocycles.